The largest absolute Gasteiger partial charge is 0.341 e. The number of nitrogens with two attached hydrogens (primary N) is 1. The summed E-state index contributed by atoms with van der Waals surface area (Å²) in [5.41, 5.74) is 6.75. The van der Waals surface area contributed by atoms with Gasteiger partial charge >= 0.3 is 0 Å². The highest BCUT2D eigenvalue weighted by Gasteiger charge is 2.41. The van der Waals surface area contributed by atoms with Crippen molar-refractivity contribution in [1.82, 2.24) is 4.90 Å². The van der Waals surface area contributed by atoms with Gasteiger partial charge in [0.05, 0.1) is 0 Å². The van der Waals surface area contributed by atoms with E-state index >= 15 is 0 Å². The Hall–Kier alpha value is -1.49. The molecule has 114 valence electrons. The standard InChI is InChI=1S/C16H20F2N2O/c17-13-5-1-10(7-14(13)18)2-6-16(21)20-8-12(11-3-4-11)15(19)9-20/h1,5,7,11-12,15H,2-4,6,8-9,19H2. The Labute approximate surface area is 123 Å². The maximum absolute atomic E-state index is 13.1. The van der Waals surface area contributed by atoms with Crippen LogP contribution in [0.25, 0.3) is 0 Å². The minimum absolute atomic E-state index is 0.0540. The molecule has 1 aliphatic carbocycles. The average molecular weight is 294 g/mol. The number of likely N-dealkylation sites (tertiary alicyclic amines) is 1. The van der Waals surface area contributed by atoms with E-state index in [9.17, 15) is 13.6 Å². The number of aryl methyl sites for hydroxylation is 1. The smallest absolute Gasteiger partial charge is 0.222 e. The van der Waals surface area contributed by atoms with Crippen LogP contribution in [0.5, 0.6) is 0 Å². The molecule has 3 rings (SSSR count). The minimum Gasteiger partial charge on any atom is -0.341 e. The fraction of sp³-hybridized carbons (Fsp3) is 0.562. The van der Waals surface area contributed by atoms with Gasteiger partial charge in [0.25, 0.3) is 0 Å². The molecule has 3 nitrogen and oxygen atoms in total. The van der Waals surface area contributed by atoms with E-state index in [4.69, 9.17) is 5.73 Å². The summed E-state index contributed by atoms with van der Waals surface area (Å²) in [6, 6.07) is 3.87. The number of rotatable bonds is 4. The predicted octanol–water partition coefficient (Wildman–Crippen LogP) is 2.09. The number of nitrogens with zero attached hydrogens (tertiary/aromatic N) is 1. The number of halogens is 2. The Kier molecular flexibility index (Phi) is 3.93. The third-order valence-corrected chi connectivity index (χ3v) is 4.60. The van der Waals surface area contributed by atoms with Crippen LogP contribution in [0.2, 0.25) is 0 Å². The third kappa shape index (κ3) is 3.23. The zero-order valence-electron chi connectivity index (χ0n) is 11.9. The van der Waals surface area contributed by atoms with Gasteiger partial charge in [0.2, 0.25) is 5.91 Å². The van der Waals surface area contributed by atoms with Crippen LogP contribution in [0, 0.1) is 23.5 Å². The van der Waals surface area contributed by atoms with Crippen LogP contribution in [0.4, 0.5) is 8.78 Å². The Morgan fingerprint density at radius 2 is 2.00 bits per heavy atom. The lowest BCUT2D eigenvalue weighted by Gasteiger charge is -2.16. The van der Waals surface area contributed by atoms with Crippen LogP contribution >= 0.6 is 0 Å². The van der Waals surface area contributed by atoms with Gasteiger partial charge in [-0.05, 0) is 48.8 Å². The normalized spacial score (nSPS) is 25.4. The van der Waals surface area contributed by atoms with E-state index < -0.39 is 11.6 Å². The van der Waals surface area contributed by atoms with Gasteiger partial charge in [0, 0.05) is 25.6 Å². The second-order valence-corrected chi connectivity index (χ2v) is 6.21. The van der Waals surface area contributed by atoms with E-state index in [-0.39, 0.29) is 11.9 Å². The number of hydrogen-bond acceptors (Lipinski definition) is 2. The molecule has 0 spiro atoms. The van der Waals surface area contributed by atoms with Gasteiger partial charge in [-0.25, -0.2) is 8.78 Å². The molecule has 2 atom stereocenters. The van der Waals surface area contributed by atoms with Crippen molar-refractivity contribution in [3.05, 3.63) is 35.4 Å². The molecular formula is C16H20F2N2O. The van der Waals surface area contributed by atoms with Crippen molar-refractivity contribution in [3.8, 4) is 0 Å². The summed E-state index contributed by atoms with van der Waals surface area (Å²) in [5.74, 6) is -0.528. The lowest BCUT2D eigenvalue weighted by atomic mass is 9.99. The first-order valence-corrected chi connectivity index (χ1v) is 7.52. The lowest BCUT2D eigenvalue weighted by molar-refractivity contribution is -0.130. The van der Waals surface area contributed by atoms with Crippen LogP contribution in [0.3, 0.4) is 0 Å². The minimum atomic E-state index is -0.864. The van der Waals surface area contributed by atoms with Crippen LogP contribution in [0.1, 0.15) is 24.8 Å². The molecule has 0 aromatic heterocycles. The van der Waals surface area contributed by atoms with Crippen molar-refractivity contribution in [2.24, 2.45) is 17.6 Å². The van der Waals surface area contributed by atoms with E-state index in [1.165, 1.54) is 18.9 Å². The van der Waals surface area contributed by atoms with Crippen molar-refractivity contribution in [3.63, 3.8) is 0 Å². The van der Waals surface area contributed by atoms with Gasteiger partial charge < -0.3 is 10.6 Å². The van der Waals surface area contributed by atoms with Gasteiger partial charge in [-0.3, -0.25) is 4.79 Å². The quantitative estimate of drug-likeness (QED) is 0.924. The third-order valence-electron chi connectivity index (χ3n) is 4.60. The maximum atomic E-state index is 13.1. The molecular weight excluding hydrogens is 274 g/mol. The van der Waals surface area contributed by atoms with Crippen molar-refractivity contribution in [2.75, 3.05) is 13.1 Å². The molecule has 1 saturated carbocycles. The maximum Gasteiger partial charge on any atom is 0.222 e. The number of benzene rings is 1. The van der Waals surface area contributed by atoms with Gasteiger partial charge in [0.1, 0.15) is 0 Å². The van der Waals surface area contributed by atoms with E-state index in [0.717, 1.165) is 18.7 Å². The monoisotopic (exact) mass is 294 g/mol. The van der Waals surface area contributed by atoms with Crippen LogP contribution in [-0.4, -0.2) is 29.9 Å². The van der Waals surface area contributed by atoms with E-state index in [1.54, 1.807) is 0 Å². The molecule has 2 aliphatic rings. The molecule has 1 aliphatic heterocycles. The Bertz CT molecular complexity index is 545. The van der Waals surface area contributed by atoms with Gasteiger partial charge in [-0.1, -0.05) is 6.07 Å². The summed E-state index contributed by atoms with van der Waals surface area (Å²) in [7, 11) is 0. The number of amides is 1. The summed E-state index contributed by atoms with van der Waals surface area (Å²) in [5, 5.41) is 0. The molecule has 2 fully saturated rings. The molecule has 0 radical (unpaired) electrons. The summed E-state index contributed by atoms with van der Waals surface area (Å²) >= 11 is 0. The predicted molar refractivity (Wildman–Crippen MR) is 75.4 cm³/mol. The van der Waals surface area contributed by atoms with E-state index in [0.29, 0.717) is 36.8 Å². The molecule has 1 aromatic rings. The zero-order chi connectivity index (χ0) is 15.0. The first kappa shape index (κ1) is 14.4. The fourth-order valence-electron chi connectivity index (χ4n) is 3.19. The van der Waals surface area contributed by atoms with Crippen molar-refractivity contribution < 1.29 is 13.6 Å². The molecule has 1 heterocycles. The van der Waals surface area contributed by atoms with Crippen molar-refractivity contribution >= 4 is 5.91 Å². The Morgan fingerprint density at radius 1 is 1.24 bits per heavy atom. The number of carbonyl (C=O) groups excluding carboxylic acids is 1. The first-order valence-electron chi connectivity index (χ1n) is 7.52. The molecule has 1 aromatic carbocycles. The molecule has 1 amide bonds. The first-order chi connectivity index (χ1) is 10.0. The molecule has 5 heteroatoms. The van der Waals surface area contributed by atoms with Crippen LogP contribution < -0.4 is 5.73 Å². The van der Waals surface area contributed by atoms with Gasteiger partial charge in [0.15, 0.2) is 11.6 Å². The van der Waals surface area contributed by atoms with Gasteiger partial charge in [-0.2, -0.15) is 0 Å². The Morgan fingerprint density at radius 3 is 2.67 bits per heavy atom. The highest BCUT2D eigenvalue weighted by Crippen LogP contribution is 2.40. The average Bonchev–Trinajstić information content (AvgIpc) is 3.22. The topological polar surface area (TPSA) is 46.3 Å². The van der Waals surface area contributed by atoms with Crippen molar-refractivity contribution in [2.45, 2.75) is 31.7 Å². The summed E-state index contributed by atoms with van der Waals surface area (Å²) in [6.45, 7) is 1.38. The lowest BCUT2D eigenvalue weighted by Crippen LogP contribution is -2.32. The van der Waals surface area contributed by atoms with Crippen LogP contribution in [-0.2, 0) is 11.2 Å². The highest BCUT2D eigenvalue weighted by atomic mass is 19.2. The van der Waals surface area contributed by atoms with Crippen molar-refractivity contribution in [1.29, 1.82) is 0 Å². The number of hydrogen-bond donors (Lipinski definition) is 1. The summed E-state index contributed by atoms with van der Waals surface area (Å²) in [6.07, 6.45) is 3.20. The van der Waals surface area contributed by atoms with Gasteiger partial charge in [-0.15, -0.1) is 0 Å². The number of carbonyl (C=O) groups is 1. The second-order valence-electron chi connectivity index (χ2n) is 6.21. The van der Waals surface area contributed by atoms with E-state index in [1.807, 2.05) is 4.90 Å². The SMILES string of the molecule is NC1CN(C(=O)CCc2ccc(F)c(F)c2)CC1C1CC1. The zero-order valence-corrected chi connectivity index (χ0v) is 11.9. The highest BCUT2D eigenvalue weighted by molar-refractivity contribution is 5.76. The van der Waals surface area contributed by atoms with E-state index in [2.05, 4.69) is 0 Å². The Balaban J connectivity index is 1.53. The fourth-order valence-corrected chi connectivity index (χ4v) is 3.19. The van der Waals surface area contributed by atoms with Crippen LogP contribution in [0.15, 0.2) is 18.2 Å². The molecule has 0 bridgehead atoms. The molecule has 21 heavy (non-hydrogen) atoms. The summed E-state index contributed by atoms with van der Waals surface area (Å²) < 4.78 is 26.0. The second kappa shape index (κ2) is 5.72. The molecule has 2 N–H and O–H groups in total. The summed E-state index contributed by atoms with van der Waals surface area (Å²) in [4.78, 5) is 14.0. The molecule has 2 unspecified atom stereocenters. The molecule has 1 saturated heterocycles.